The van der Waals surface area contributed by atoms with Crippen molar-refractivity contribution in [3.05, 3.63) is 35.4 Å². The number of esters is 1. The predicted octanol–water partition coefficient (Wildman–Crippen LogP) is 2.71. The van der Waals surface area contributed by atoms with Crippen LogP contribution in [-0.2, 0) is 9.53 Å². The van der Waals surface area contributed by atoms with Crippen LogP contribution in [0, 0.1) is 0 Å². The van der Waals surface area contributed by atoms with Gasteiger partial charge in [0.2, 0.25) is 0 Å². The van der Waals surface area contributed by atoms with Gasteiger partial charge in [-0.3, -0.25) is 14.5 Å². The number of piperidine rings is 1. The summed E-state index contributed by atoms with van der Waals surface area (Å²) in [5.74, 6) is 0.585. The predicted molar refractivity (Wildman–Crippen MR) is 119 cm³/mol. The van der Waals surface area contributed by atoms with Gasteiger partial charge in [-0.25, -0.2) is 0 Å². The van der Waals surface area contributed by atoms with Crippen LogP contribution in [0.4, 0.5) is 0 Å². The summed E-state index contributed by atoms with van der Waals surface area (Å²) in [5.41, 5.74) is 2.13. The van der Waals surface area contributed by atoms with Crippen molar-refractivity contribution in [2.75, 3.05) is 52.9 Å². The monoisotopic (exact) mass is 445 g/mol. The van der Waals surface area contributed by atoms with Gasteiger partial charge in [0.25, 0.3) is 5.91 Å². The number of piperazine rings is 1. The Kier molecular flexibility index (Phi) is 11.6. The number of carbonyl (C=O) groups excluding carboxylic acids is 2. The molecule has 2 saturated heterocycles. The molecular formula is C21H33Cl2N3O3. The maximum absolute atomic E-state index is 12.8. The number of carbonyl (C=O) groups is 2. The van der Waals surface area contributed by atoms with Crippen molar-refractivity contribution in [3.8, 4) is 0 Å². The lowest BCUT2D eigenvalue weighted by molar-refractivity contribution is -0.140. The molecule has 164 valence electrons. The normalized spacial score (nSPS) is 17.8. The van der Waals surface area contributed by atoms with Crippen LogP contribution in [0.2, 0.25) is 0 Å². The number of rotatable bonds is 6. The van der Waals surface area contributed by atoms with Crippen LogP contribution in [-0.4, -0.2) is 74.6 Å². The Morgan fingerprint density at radius 3 is 2.24 bits per heavy atom. The lowest BCUT2D eigenvalue weighted by Gasteiger charge is -2.34. The van der Waals surface area contributed by atoms with Gasteiger partial charge >= 0.3 is 5.97 Å². The molecule has 2 heterocycles. The third kappa shape index (κ3) is 7.45. The third-order valence-corrected chi connectivity index (χ3v) is 5.71. The zero-order chi connectivity index (χ0) is 19.1. The minimum Gasteiger partial charge on any atom is -0.469 e. The first-order valence-corrected chi connectivity index (χ1v) is 10.1. The standard InChI is InChI=1S/C21H31N3O3.2ClH/c1-27-20(25)3-2-12-23-13-15-24(16-14-23)21(26)19-6-4-17(5-7-19)18-8-10-22-11-9-18;;/h4-7,18,22H,2-3,8-16H2,1H3;2*1H. The summed E-state index contributed by atoms with van der Waals surface area (Å²) in [4.78, 5) is 28.2. The van der Waals surface area contributed by atoms with Crippen molar-refractivity contribution in [2.45, 2.75) is 31.6 Å². The molecule has 0 unspecified atom stereocenters. The van der Waals surface area contributed by atoms with Gasteiger partial charge in [-0.1, -0.05) is 12.1 Å². The quantitative estimate of drug-likeness (QED) is 0.681. The van der Waals surface area contributed by atoms with E-state index in [-0.39, 0.29) is 36.7 Å². The highest BCUT2D eigenvalue weighted by molar-refractivity contribution is 5.94. The Hall–Kier alpha value is -1.34. The van der Waals surface area contributed by atoms with E-state index in [1.54, 1.807) is 0 Å². The zero-order valence-corrected chi connectivity index (χ0v) is 18.7. The second-order valence-corrected chi connectivity index (χ2v) is 7.46. The van der Waals surface area contributed by atoms with Crippen LogP contribution < -0.4 is 5.32 Å². The molecule has 1 aromatic carbocycles. The largest absolute Gasteiger partial charge is 0.469 e. The topological polar surface area (TPSA) is 61.9 Å². The van der Waals surface area contributed by atoms with Gasteiger partial charge in [0.05, 0.1) is 7.11 Å². The summed E-state index contributed by atoms with van der Waals surface area (Å²) in [7, 11) is 1.42. The third-order valence-electron chi connectivity index (χ3n) is 5.71. The maximum atomic E-state index is 12.8. The molecule has 0 radical (unpaired) electrons. The van der Waals surface area contributed by atoms with Crippen molar-refractivity contribution in [3.63, 3.8) is 0 Å². The highest BCUT2D eigenvalue weighted by Gasteiger charge is 2.22. The molecule has 1 N–H and O–H groups in total. The van der Waals surface area contributed by atoms with E-state index in [2.05, 4.69) is 27.1 Å². The Morgan fingerprint density at radius 2 is 1.66 bits per heavy atom. The summed E-state index contributed by atoms with van der Waals surface area (Å²) >= 11 is 0. The fraction of sp³-hybridized carbons (Fsp3) is 0.619. The molecule has 1 amide bonds. The molecule has 0 bridgehead atoms. The van der Waals surface area contributed by atoms with E-state index >= 15 is 0 Å². The van der Waals surface area contributed by atoms with Crippen molar-refractivity contribution in [1.82, 2.24) is 15.1 Å². The molecule has 8 heteroatoms. The van der Waals surface area contributed by atoms with E-state index in [1.807, 2.05) is 17.0 Å². The maximum Gasteiger partial charge on any atom is 0.305 e. The van der Waals surface area contributed by atoms with E-state index in [0.717, 1.165) is 57.8 Å². The van der Waals surface area contributed by atoms with Crippen molar-refractivity contribution in [1.29, 1.82) is 0 Å². The molecular weight excluding hydrogens is 413 g/mol. The first-order chi connectivity index (χ1) is 13.2. The van der Waals surface area contributed by atoms with E-state index < -0.39 is 0 Å². The first kappa shape index (κ1) is 25.7. The van der Waals surface area contributed by atoms with E-state index in [4.69, 9.17) is 0 Å². The highest BCUT2D eigenvalue weighted by Crippen LogP contribution is 2.25. The fourth-order valence-corrected chi connectivity index (χ4v) is 3.96. The number of nitrogens with zero attached hydrogens (tertiary/aromatic N) is 2. The van der Waals surface area contributed by atoms with Gasteiger partial charge in [0.1, 0.15) is 0 Å². The molecule has 0 aromatic heterocycles. The number of ether oxygens (including phenoxy) is 1. The van der Waals surface area contributed by atoms with Gasteiger partial charge in [0.15, 0.2) is 0 Å². The SMILES string of the molecule is COC(=O)CCCN1CCN(C(=O)c2ccc(C3CCNCC3)cc2)CC1.Cl.Cl. The molecule has 0 spiro atoms. The van der Waals surface area contributed by atoms with Gasteiger partial charge in [-0.15, -0.1) is 24.8 Å². The van der Waals surface area contributed by atoms with Crippen molar-refractivity contribution < 1.29 is 14.3 Å². The van der Waals surface area contributed by atoms with Crippen LogP contribution in [0.1, 0.15) is 47.5 Å². The number of hydrogen-bond donors (Lipinski definition) is 1. The molecule has 0 atom stereocenters. The Bertz CT molecular complexity index is 629. The second kappa shape index (κ2) is 13.1. The van der Waals surface area contributed by atoms with Crippen LogP contribution in [0.15, 0.2) is 24.3 Å². The van der Waals surface area contributed by atoms with Gasteiger partial charge in [0, 0.05) is 38.2 Å². The molecule has 0 aliphatic carbocycles. The fourth-order valence-electron chi connectivity index (χ4n) is 3.96. The van der Waals surface area contributed by atoms with Crippen molar-refractivity contribution >= 4 is 36.7 Å². The van der Waals surface area contributed by atoms with Crippen LogP contribution in [0.5, 0.6) is 0 Å². The van der Waals surface area contributed by atoms with Crippen LogP contribution in [0.3, 0.4) is 0 Å². The van der Waals surface area contributed by atoms with Crippen molar-refractivity contribution in [2.24, 2.45) is 0 Å². The summed E-state index contributed by atoms with van der Waals surface area (Å²) in [6, 6.07) is 8.24. The molecule has 6 nitrogen and oxygen atoms in total. The number of benzene rings is 1. The van der Waals surface area contributed by atoms with Crippen LogP contribution >= 0.6 is 24.8 Å². The van der Waals surface area contributed by atoms with E-state index in [9.17, 15) is 9.59 Å². The van der Waals surface area contributed by atoms with E-state index in [1.165, 1.54) is 25.5 Å². The Balaban J connectivity index is 0.00000210. The van der Waals surface area contributed by atoms with Crippen LogP contribution in [0.25, 0.3) is 0 Å². The average molecular weight is 446 g/mol. The number of nitrogens with one attached hydrogen (secondary N) is 1. The summed E-state index contributed by atoms with van der Waals surface area (Å²) in [6.45, 7) is 6.24. The lowest BCUT2D eigenvalue weighted by Crippen LogP contribution is -2.48. The minimum absolute atomic E-state index is 0. The smallest absolute Gasteiger partial charge is 0.305 e. The Labute approximate surface area is 186 Å². The molecule has 3 rings (SSSR count). The summed E-state index contributed by atoms with van der Waals surface area (Å²) < 4.78 is 4.67. The number of hydrogen-bond acceptors (Lipinski definition) is 5. The molecule has 1 aromatic rings. The number of amides is 1. The molecule has 2 fully saturated rings. The lowest BCUT2D eigenvalue weighted by atomic mass is 9.90. The number of halogens is 2. The first-order valence-electron chi connectivity index (χ1n) is 10.1. The summed E-state index contributed by atoms with van der Waals surface area (Å²) in [6.07, 6.45) is 3.61. The minimum atomic E-state index is -0.156. The molecule has 0 saturated carbocycles. The number of methoxy groups -OCH3 is 1. The van der Waals surface area contributed by atoms with E-state index in [0.29, 0.717) is 12.3 Å². The highest BCUT2D eigenvalue weighted by atomic mass is 35.5. The molecule has 2 aliphatic rings. The second-order valence-electron chi connectivity index (χ2n) is 7.46. The summed E-state index contributed by atoms with van der Waals surface area (Å²) in [5, 5.41) is 3.39. The Morgan fingerprint density at radius 1 is 1.03 bits per heavy atom. The van der Waals surface area contributed by atoms with Gasteiger partial charge in [-0.05, 0) is 62.5 Å². The van der Waals surface area contributed by atoms with Gasteiger partial charge in [-0.2, -0.15) is 0 Å². The average Bonchev–Trinajstić information content (AvgIpc) is 2.74. The molecule has 29 heavy (non-hydrogen) atoms. The zero-order valence-electron chi connectivity index (χ0n) is 17.1. The molecule has 2 aliphatic heterocycles. The van der Waals surface area contributed by atoms with Gasteiger partial charge < -0.3 is 15.0 Å².